The third-order valence-electron chi connectivity index (χ3n) is 3.59. The fraction of sp³-hybridized carbons (Fsp3) is 0.278. The van der Waals surface area contributed by atoms with Crippen LogP contribution in [0.15, 0.2) is 36.4 Å². The van der Waals surface area contributed by atoms with Crippen molar-refractivity contribution in [3.63, 3.8) is 0 Å². The molecule has 4 nitrogen and oxygen atoms in total. The predicted molar refractivity (Wildman–Crippen MR) is 95.7 cm³/mol. The summed E-state index contributed by atoms with van der Waals surface area (Å²) in [7, 11) is 1.55. The Kier molecular flexibility index (Phi) is 5.88. The molecule has 0 atom stereocenters. The molecular weight excluding hydrogens is 312 g/mol. The molecule has 0 aliphatic rings. The van der Waals surface area contributed by atoms with E-state index in [9.17, 15) is 4.79 Å². The first-order chi connectivity index (χ1) is 11.0. The maximum Gasteiger partial charge on any atom is 0.243 e. The van der Waals surface area contributed by atoms with Crippen LogP contribution in [0.1, 0.15) is 18.1 Å². The zero-order valence-electron chi connectivity index (χ0n) is 13.6. The van der Waals surface area contributed by atoms with Crippen molar-refractivity contribution >= 4 is 28.9 Å². The Bertz CT molecular complexity index is 701. The molecule has 0 aliphatic heterocycles. The van der Waals surface area contributed by atoms with Gasteiger partial charge in [0.15, 0.2) is 0 Å². The number of rotatable bonds is 6. The first-order valence-corrected chi connectivity index (χ1v) is 7.88. The number of hydrogen-bond acceptors (Lipinski definition) is 3. The standard InChI is InChI=1S/C18H21ClN2O2/c1-4-13-7-5-6-8-15(13)20-11-18(22)21-16-9-12(2)14(19)10-17(16)23-3/h5-10,20H,4,11H2,1-3H3,(H,21,22). The number of ether oxygens (including phenoxy) is 1. The molecular formula is C18H21ClN2O2. The van der Waals surface area contributed by atoms with Gasteiger partial charge in [-0.25, -0.2) is 0 Å². The predicted octanol–water partition coefficient (Wildman–Crippen LogP) is 4.27. The third kappa shape index (κ3) is 4.39. The quantitative estimate of drug-likeness (QED) is 0.830. The van der Waals surface area contributed by atoms with E-state index in [1.54, 1.807) is 19.2 Å². The van der Waals surface area contributed by atoms with Crippen LogP contribution in [0.4, 0.5) is 11.4 Å². The summed E-state index contributed by atoms with van der Waals surface area (Å²) < 4.78 is 5.26. The highest BCUT2D eigenvalue weighted by Gasteiger charge is 2.10. The molecule has 0 fully saturated rings. The molecule has 0 radical (unpaired) electrons. The SMILES string of the molecule is CCc1ccccc1NCC(=O)Nc1cc(C)c(Cl)cc1OC. The molecule has 0 bridgehead atoms. The van der Waals surface area contributed by atoms with Gasteiger partial charge in [0, 0.05) is 16.8 Å². The molecule has 0 unspecified atom stereocenters. The maximum absolute atomic E-state index is 12.2. The maximum atomic E-state index is 12.2. The van der Waals surface area contributed by atoms with Gasteiger partial charge in [0.2, 0.25) is 5.91 Å². The second kappa shape index (κ2) is 7.88. The number of amides is 1. The Hall–Kier alpha value is -2.20. The highest BCUT2D eigenvalue weighted by atomic mass is 35.5. The zero-order valence-corrected chi connectivity index (χ0v) is 14.3. The third-order valence-corrected chi connectivity index (χ3v) is 4.00. The van der Waals surface area contributed by atoms with Crippen molar-refractivity contribution in [2.24, 2.45) is 0 Å². The Morgan fingerprint density at radius 2 is 1.96 bits per heavy atom. The van der Waals surface area contributed by atoms with Crippen LogP contribution in [0.25, 0.3) is 0 Å². The fourth-order valence-corrected chi connectivity index (χ4v) is 2.45. The van der Waals surface area contributed by atoms with Crippen molar-refractivity contribution in [1.82, 2.24) is 0 Å². The summed E-state index contributed by atoms with van der Waals surface area (Å²) in [6, 6.07) is 11.5. The normalized spacial score (nSPS) is 10.3. The van der Waals surface area contributed by atoms with E-state index in [0.29, 0.717) is 16.5 Å². The monoisotopic (exact) mass is 332 g/mol. The van der Waals surface area contributed by atoms with E-state index in [4.69, 9.17) is 16.3 Å². The van der Waals surface area contributed by atoms with Crippen LogP contribution in [0, 0.1) is 6.92 Å². The summed E-state index contributed by atoms with van der Waals surface area (Å²) in [6.45, 7) is 4.15. The molecule has 0 spiro atoms. The van der Waals surface area contributed by atoms with Crippen LogP contribution in [-0.4, -0.2) is 19.6 Å². The smallest absolute Gasteiger partial charge is 0.243 e. The van der Waals surface area contributed by atoms with Gasteiger partial charge in [-0.05, 0) is 36.6 Å². The molecule has 2 aromatic rings. The van der Waals surface area contributed by atoms with E-state index in [2.05, 4.69) is 17.6 Å². The topological polar surface area (TPSA) is 50.4 Å². The molecule has 5 heteroatoms. The summed E-state index contributed by atoms with van der Waals surface area (Å²) in [4.78, 5) is 12.2. The van der Waals surface area contributed by atoms with E-state index in [-0.39, 0.29) is 12.5 Å². The largest absolute Gasteiger partial charge is 0.495 e. The molecule has 0 aliphatic carbocycles. The van der Waals surface area contributed by atoms with Crippen LogP contribution >= 0.6 is 11.6 Å². The molecule has 0 heterocycles. The zero-order chi connectivity index (χ0) is 16.8. The number of carbonyl (C=O) groups excluding carboxylic acids is 1. The van der Waals surface area contributed by atoms with Crippen molar-refractivity contribution in [2.45, 2.75) is 20.3 Å². The van der Waals surface area contributed by atoms with Crippen LogP contribution in [0.5, 0.6) is 5.75 Å². The van der Waals surface area contributed by atoms with Gasteiger partial charge in [0.25, 0.3) is 0 Å². The summed E-state index contributed by atoms with van der Waals surface area (Å²) in [5.74, 6) is 0.402. The van der Waals surface area contributed by atoms with E-state index in [1.165, 1.54) is 5.56 Å². The number of benzene rings is 2. The highest BCUT2D eigenvalue weighted by molar-refractivity contribution is 6.31. The van der Waals surface area contributed by atoms with Crippen molar-refractivity contribution in [3.8, 4) is 5.75 Å². The van der Waals surface area contributed by atoms with Crippen LogP contribution in [-0.2, 0) is 11.2 Å². The Morgan fingerprint density at radius 1 is 1.22 bits per heavy atom. The van der Waals surface area contributed by atoms with Gasteiger partial charge in [0.05, 0.1) is 19.3 Å². The molecule has 0 saturated carbocycles. The lowest BCUT2D eigenvalue weighted by atomic mass is 10.1. The molecule has 2 rings (SSSR count). The number of methoxy groups -OCH3 is 1. The molecule has 2 N–H and O–H groups in total. The lowest BCUT2D eigenvalue weighted by Crippen LogP contribution is -2.22. The number of hydrogen-bond donors (Lipinski definition) is 2. The fourth-order valence-electron chi connectivity index (χ4n) is 2.30. The number of nitrogens with one attached hydrogen (secondary N) is 2. The van der Waals surface area contributed by atoms with Crippen molar-refractivity contribution in [1.29, 1.82) is 0 Å². The first kappa shape index (κ1) is 17.2. The average Bonchev–Trinajstić information content (AvgIpc) is 2.56. The van der Waals surface area contributed by atoms with E-state index < -0.39 is 0 Å². The van der Waals surface area contributed by atoms with Gasteiger partial charge in [-0.15, -0.1) is 0 Å². The summed E-state index contributed by atoms with van der Waals surface area (Å²) >= 11 is 6.07. The Labute approximate surface area is 141 Å². The minimum Gasteiger partial charge on any atom is -0.495 e. The molecule has 1 amide bonds. The average molecular weight is 333 g/mol. The van der Waals surface area contributed by atoms with Crippen LogP contribution in [0.3, 0.4) is 0 Å². The molecule has 23 heavy (non-hydrogen) atoms. The van der Waals surface area contributed by atoms with Gasteiger partial charge < -0.3 is 15.4 Å². The minimum absolute atomic E-state index is 0.143. The molecule has 2 aromatic carbocycles. The molecule has 122 valence electrons. The van der Waals surface area contributed by atoms with Gasteiger partial charge in [-0.1, -0.05) is 36.7 Å². The van der Waals surface area contributed by atoms with E-state index in [0.717, 1.165) is 17.7 Å². The lowest BCUT2D eigenvalue weighted by molar-refractivity contribution is -0.114. The number of anilines is 2. The number of carbonyl (C=O) groups is 1. The second-order valence-electron chi connectivity index (χ2n) is 5.21. The van der Waals surface area contributed by atoms with Crippen molar-refractivity contribution in [2.75, 3.05) is 24.3 Å². The highest BCUT2D eigenvalue weighted by Crippen LogP contribution is 2.30. The van der Waals surface area contributed by atoms with Gasteiger partial charge in [0.1, 0.15) is 5.75 Å². The summed E-state index contributed by atoms with van der Waals surface area (Å²) in [5, 5.41) is 6.63. The number of aryl methyl sites for hydroxylation is 2. The molecule has 0 aromatic heterocycles. The lowest BCUT2D eigenvalue weighted by Gasteiger charge is -2.14. The van der Waals surface area contributed by atoms with Gasteiger partial charge >= 0.3 is 0 Å². The van der Waals surface area contributed by atoms with Gasteiger partial charge in [-0.2, -0.15) is 0 Å². The minimum atomic E-state index is -0.143. The van der Waals surface area contributed by atoms with Crippen LogP contribution < -0.4 is 15.4 Å². The number of para-hydroxylation sites is 1. The van der Waals surface area contributed by atoms with Crippen LogP contribution in [0.2, 0.25) is 5.02 Å². The Balaban J connectivity index is 2.04. The van der Waals surface area contributed by atoms with E-state index in [1.807, 2.05) is 31.2 Å². The first-order valence-electron chi connectivity index (χ1n) is 7.51. The van der Waals surface area contributed by atoms with E-state index >= 15 is 0 Å². The van der Waals surface area contributed by atoms with Crippen molar-refractivity contribution in [3.05, 3.63) is 52.5 Å². The van der Waals surface area contributed by atoms with Gasteiger partial charge in [-0.3, -0.25) is 4.79 Å². The Morgan fingerprint density at radius 3 is 2.65 bits per heavy atom. The summed E-state index contributed by atoms with van der Waals surface area (Å²) in [6.07, 6.45) is 0.912. The van der Waals surface area contributed by atoms with Crippen molar-refractivity contribution < 1.29 is 9.53 Å². The molecule has 0 saturated heterocycles. The number of halogens is 1. The summed E-state index contributed by atoms with van der Waals surface area (Å²) in [5.41, 5.74) is 3.65. The second-order valence-corrected chi connectivity index (χ2v) is 5.62.